The minimum atomic E-state index is -4.41. The number of carbonyl (C=O) groups excluding carboxylic acids is 1. The highest BCUT2D eigenvalue weighted by Gasteiger charge is 2.28. The van der Waals surface area contributed by atoms with E-state index in [2.05, 4.69) is 5.32 Å². The van der Waals surface area contributed by atoms with E-state index in [9.17, 15) is 18.0 Å². The van der Waals surface area contributed by atoms with Crippen molar-refractivity contribution in [2.45, 2.75) is 25.6 Å². The SMILES string of the molecule is O=C(Cc1cc(Cl)c2c(c1)OCCCO2)NCc1cccc(OCC(F)(F)F)c1. The van der Waals surface area contributed by atoms with Crippen LogP contribution in [0.4, 0.5) is 13.2 Å². The Morgan fingerprint density at radius 1 is 1.14 bits per heavy atom. The van der Waals surface area contributed by atoms with Gasteiger partial charge in [-0.2, -0.15) is 13.2 Å². The van der Waals surface area contributed by atoms with Crippen LogP contribution in [0.3, 0.4) is 0 Å². The first-order valence-electron chi connectivity index (χ1n) is 8.93. The van der Waals surface area contributed by atoms with E-state index in [1.165, 1.54) is 12.1 Å². The zero-order valence-electron chi connectivity index (χ0n) is 15.4. The van der Waals surface area contributed by atoms with Crippen molar-refractivity contribution >= 4 is 17.5 Å². The number of halogens is 4. The summed E-state index contributed by atoms with van der Waals surface area (Å²) in [6.07, 6.45) is -3.60. The second-order valence-corrected chi connectivity index (χ2v) is 6.87. The molecule has 0 saturated carbocycles. The van der Waals surface area contributed by atoms with Gasteiger partial charge in [-0.25, -0.2) is 0 Å². The third-order valence-corrected chi connectivity index (χ3v) is 4.30. The molecule has 5 nitrogen and oxygen atoms in total. The molecule has 0 unspecified atom stereocenters. The molecule has 3 rings (SSSR count). The van der Waals surface area contributed by atoms with Crippen molar-refractivity contribution in [2.24, 2.45) is 0 Å². The van der Waals surface area contributed by atoms with E-state index >= 15 is 0 Å². The number of ether oxygens (including phenoxy) is 3. The predicted octanol–water partition coefficient (Wildman–Crippen LogP) is 4.30. The fraction of sp³-hybridized carbons (Fsp3) is 0.350. The lowest BCUT2D eigenvalue weighted by molar-refractivity contribution is -0.153. The lowest BCUT2D eigenvalue weighted by atomic mass is 10.1. The van der Waals surface area contributed by atoms with Crippen LogP contribution in [0.25, 0.3) is 0 Å². The Morgan fingerprint density at radius 2 is 1.93 bits per heavy atom. The molecule has 1 amide bonds. The maximum atomic E-state index is 12.3. The molecule has 9 heteroatoms. The molecule has 0 fully saturated rings. The quantitative estimate of drug-likeness (QED) is 0.743. The maximum Gasteiger partial charge on any atom is 0.422 e. The summed E-state index contributed by atoms with van der Waals surface area (Å²) in [5, 5.41) is 3.10. The second-order valence-electron chi connectivity index (χ2n) is 6.46. The van der Waals surface area contributed by atoms with Gasteiger partial charge in [-0.1, -0.05) is 23.7 Å². The van der Waals surface area contributed by atoms with Gasteiger partial charge in [0.15, 0.2) is 18.1 Å². The number of amides is 1. The van der Waals surface area contributed by atoms with Crippen molar-refractivity contribution < 1.29 is 32.2 Å². The van der Waals surface area contributed by atoms with Gasteiger partial charge in [0.05, 0.1) is 24.7 Å². The number of rotatable bonds is 6. The monoisotopic (exact) mass is 429 g/mol. The highest BCUT2D eigenvalue weighted by atomic mass is 35.5. The van der Waals surface area contributed by atoms with Crippen LogP contribution in [0.15, 0.2) is 36.4 Å². The minimum absolute atomic E-state index is 0.0701. The summed E-state index contributed by atoms with van der Waals surface area (Å²) in [6, 6.07) is 9.51. The molecule has 1 aliphatic heterocycles. The molecule has 2 aromatic rings. The first kappa shape index (κ1) is 21.1. The van der Waals surface area contributed by atoms with Gasteiger partial charge in [-0.3, -0.25) is 4.79 Å². The fourth-order valence-electron chi connectivity index (χ4n) is 2.75. The van der Waals surface area contributed by atoms with E-state index < -0.39 is 12.8 Å². The van der Waals surface area contributed by atoms with Gasteiger partial charge >= 0.3 is 6.18 Å². The Kier molecular flexibility index (Phi) is 6.74. The normalized spacial score (nSPS) is 13.5. The van der Waals surface area contributed by atoms with Gasteiger partial charge in [0, 0.05) is 13.0 Å². The van der Waals surface area contributed by atoms with Gasteiger partial charge in [0.2, 0.25) is 5.91 Å². The molecule has 29 heavy (non-hydrogen) atoms. The maximum absolute atomic E-state index is 12.3. The van der Waals surface area contributed by atoms with E-state index in [0.29, 0.717) is 40.9 Å². The summed E-state index contributed by atoms with van der Waals surface area (Å²) in [6.45, 7) is -0.196. The molecule has 1 heterocycles. The summed E-state index contributed by atoms with van der Waals surface area (Å²) in [4.78, 5) is 12.3. The van der Waals surface area contributed by atoms with Crippen LogP contribution in [0, 0.1) is 0 Å². The zero-order chi connectivity index (χ0) is 20.9. The average molecular weight is 430 g/mol. The summed E-state index contributed by atoms with van der Waals surface area (Å²) < 4.78 is 52.6. The topological polar surface area (TPSA) is 56.8 Å². The number of carbonyl (C=O) groups is 1. The number of alkyl halides is 3. The van der Waals surface area contributed by atoms with E-state index in [0.717, 1.165) is 6.42 Å². The van der Waals surface area contributed by atoms with Crippen molar-refractivity contribution in [3.8, 4) is 17.2 Å². The molecule has 0 aliphatic carbocycles. The molecular formula is C20H19ClF3NO4. The highest BCUT2D eigenvalue weighted by Crippen LogP contribution is 2.38. The Balaban J connectivity index is 1.56. The van der Waals surface area contributed by atoms with Crippen molar-refractivity contribution in [2.75, 3.05) is 19.8 Å². The van der Waals surface area contributed by atoms with E-state index in [1.54, 1.807) is 24.3 Å². The standard InChI is InChI=1S/C20H19ClF3NO4/c21-16-8-14(9-17-19(16)28-6-2-5-27-17)10-18(26)25-11-13-3-1-4-15(7-13)29-12-20(22,23)24/h1,3-4,7-9H,2,5-6,10-12H2,(H,25,26). The van der Waals surface area contributed by atoms with Crippen LogP contribution >= 0.6 is 11.6 Å². The molecule has 2 aromatic carbocycles. The van der Waals surface area contributed by atoms with Gasteiger partial charge in [0.1, 0.15) is 5.75 Å². The fourth-order valence-corrected chi connectivity index (χ4v) is 3.03. The third kappa shape index (κ3) is 6.45. The first-order valence-corrected chi connectivity index (χ1v) is 9.31. The molecule has 0 atom stereocenters. The lowest BCUT2D eigenvalue weighted by Crippen LogP contribution is -2.24. The molecule has 0 radical (unpaired) electrons. The Labute approximate surface area is 170 Å². The number of benzene rings is 2. The Morgan fingerprint density at radius 3 is 2.72 bits per heavy atom. The van der Waals surface area contributed by atoms with E-state index in [4.69, 9.17) is 25.8 Å². The lowest BCUT2D eigenvalue weighted by Gasteiger charge is -2.12. The molecule has 0 bridgehead atoms. The second kappa shape index (κ2) is 9.26. The molecule has 0 saturated heterocycles. The summed E-state index contributed by atoms with van der Waals surface area (Å²) in [5.74, 6) is 0.803. The van der Waals surface area contributed by atoms with Gasteiger partial charge in [-0.15, -0.1) is 0 Å². The number of hydrogen-bond acceptors (Lipinski definition) is 4. The molecule has 1 aliphatic rings. The zero-order valence-corrected chi connectivity index (χ0v) is 16.1. The minimum Gasteiger partial charge on any atom is -0.489 e. The predicted molar refractivity (Wildman–Crippen MR) is 101 cm³/mol. The van der Waals surface area contributed by atoms with Crippen molar-refractivity contribution in [1.29, 1.82) is 0 Å². The Hall–Kier alpha value is -2.61. The van der Waals surface area contributed by atoms with Crippen LogP contribution in [0.1, 0.15) is 17.5 Å². The smallest absolute Gasteiger partial charge is 0.422 e. The van der Waals surface area contributed by atoms with Crippen molar-refractivity contribution in [3.05, 3.63) is 52.5 Å². The van der Waals surface area contributed by atoms with Crippen LogP contribution in [0.2, 0.25) is 5.02 Å². The third-order valence-electron chi connectivity index (χ3n) is 4.02. The average Bonchev–Trinajstić information content (AvgIpc) is 2.90. The Bertz CT molecular complexity index is 873. The number of fused-ring (bicyclic) bond motifs is 1. The first-order chi connectivity index (χ1) is 13.8. The number of nitrogens with one attached hydrogen (secondary N) is 1. The van der Waals surface area contributed by atoms with Crippen LogP contribution in [-0.2, 0) is 17.8 Å². The van der Waals surface area contributed by atoms with Gasteiger partial charge in [0.25, 0.3) is 0 Å². The van der Waals surface area contributed by atoms with E-state index in [1.807, 2.05) is 0 Å². The largest absolute Gasteiger partial charge is 0.489 e. The summed E-state index contributed by atoms with van der Waals surface area (Å²) in [5.41, 5.74) is 1.29. The highest BCUT2D eigenvalue weighted by molar-refractivity contribution is 6.32. The summed E-state index contributed by atoms with van der Waals surface area (Å²) >= 11 is 6.22. The van der Waals surface area contributed by atoms with Crippen LogP contribution < -0.4 is 19.5 Å². The molecule has 156 valence electrons. The van der Waals surface area contributed by atoms with Crippen LogP contribution in [0.5, 0.6) is 17.2 Å². The van der Waals surface area contributed by atoms with Gasteiger partial charge < -0.3 is 19.5 Å². The van der Waals surface area contributed by atoms with E-state index in [-0.39, 0.29) is 24.6 Å². The molecular weight excluding hydrogens is 411 g/mol. The van der Waals surface area contributed by atoms with Gasteiger partial charge in [-0.05, 0) is 35.4 Å². The number of hydrogen-bond donors (Lipinski definition) is 1. The summed E-state index contributed by atoms with van der Waals surface area (Å²) in [7, 11) is 0. The van der Waals surface area contributed by atoms with Crippen molar-refractivity contribution in [1.82, 2.24) is 5.32 Å². The van der Waals surface area contributed by atoms with Crippen molar-refractivity contribution in [3.63, 3.8) is 0 Å². The molecule has 1 N–H and O–H groups in total. The molecule has 0 spiro atoms. The van der Waals surface area contributed by atoms with Crippen LogP contribution in [-0.4, -0.2) is 31.9 Å². The molecule has 0 aromatic heterocycles.